The molecule has 0 atom stereocenters. The molecular weight excluding hydrogens is 358 g/mol. The molecule has 0 aliphatic carbocycles. The van der Waals surface area contributed by atoms with E-state index >= 15 is 0 Å². The SMILES string of the molecule is O=C(CCCOCCc1ccccc1)Nc1nc(CN2CCCCC2)cs1. The van der Waals surface area contributed by atoms with Crippen molar-refractivity contribution < 1.29 is 9.53 Å². The average molecular weight is 388 g/mol. The van der Waals surface area contributed by atoms with Gasteiger partial charge in [0.25, 0.3) is 0 Å². The second-order valence-corrected chi connectivity index (χ2v) is 7.84. The topological polar surface area (TPSA) is 54.5 Å². The number of likely N-dealkylation sites (tertiary alicyclic amines) is 1. The maximum absolute atomic E-state index is 12.1. The number of amides is 1. The Labute approximate surface area is 165 Å². The predicted molar refractivity (Wildman–Crippen MR) is 110 cm³/mol. The van der Waals surface area contributed by atoms with Crippen LogP contribution in [0.2, 0.25) is 0 Å². The Hall–Kier alpha value is -1.76. The smallest absolute Gasteiger partial charge is 0.226 e. The first-order valence-electron chi connectivity index (χ1n) is 9.88. The molecule has 1 aliphatic rings. The van der Waals surface area contributed by atoms with Gasteiger partial charge in [0.2, 0.25) is 5.91 Å². The third-order valence-corrected chi connectivity index (χ3v) is 5.51. The Balaban J connectivity index is 1.27. The zero-order valence-corrected chi connectivity index (χ0v) is 16.7. The molecule has 1 amide bonds. The summed E-state index contributed by atoms with van der Waals surface area (Å²) in [6, 6.07) is 10.3. The number of hydrogen-bond acceptors (Lipinski definition) is 5. The number of rotatable bonds is 10. The average Bonchev–Trinajstić information content (AvgIpc) is 3.13. The van der Waals surface area contributed by atoms with Gasteiger partial charge >= 0.3 is 0 Å². The highest BCUT2D eigenvalue weighted by Crippen LogP contribution is 2.19. The summed E-state index contributed by atoms with van der Waals surface area (Å²) in [4.78, 5) is 19.0. The number of hydrogen-bond donors (Lipinski definition) is 1. The van der Waals surface area contributed by atoms with Crippen LogP contribution in [-0.2, 0) is 22.5 Å². The van der Waals surface area contributed by atoms with Crippen LogP contribution in [0.25, 0.3) is 0 Å². The third kappa shape index (κ3) is 7.40. The zero-order valence-electron chi connectivity index (χ0n) is 15.9. The predicted octanol–water partition coefficient (Wildman–Crippen LogP) is 4.11. The largest absolute Gasteiger partial charge is 0.381 e. The molecule has 0 radical (unpaired) electrons. The second-order valence-electron chi connectivity index (χ2n) is 6.98. The first-order chi connectivity index (χ1) is 13.3. The molecule has 1 saturated heterocycles. The molecule has 0 spiro atoms. The van der Waals surface area contributed by atoms with Crippen LogP contribution in [0, 0.1) is 0 Å². The maximum atomic E-state index is 12.1. The number of carbonyl (C=O) groups excluding carboxylic acids is 1. The van der Waals surface area contributed by atoms with Crippen molar-refractivity contribution in [3.05, 3.63) is 47.0 Å². The quantitative estimate of drug-likeness (QED) is 0.624. The fourth-order valence-corrected chi connectivity index (χ4v) is 3.95. The van der Waals surface area contributed by atoms with Crippen molar-refractivity contribution in [2.75, 3.05) is 31.6 Å². The standard InChI is InChI=1S/C21H29N3O2S/c25-20(10-7-14-26-15-11-18-8-3-1-4-9-18)23-21-22-19(17-27-21)16-24-12-5-2-6-13-24/h1,3-4,8-9,17H,2,5-7,10-16H2,(H,22,23,25). The van der Waals surface area contributed by atoms with Gasteiger partial charge in [-0.2, -0.15) is 0 Å². The van der Waals surface area contributed by atoms with Gasteiger partial charge in [0.15, 0.2) is 5.13 Å². The van der Waals surface area contributed by atoms with Crippen LogP contribution in [-0.4, -0.2) is 42.1 Å². The van der Waals surface area contributed by atoms with Gasteiger partial charge in [0, 0.05) is 25.0 Å². The number of piperidine rings is 1. The highest BCUT2D eigenvalue weighted by molar-refractivity contribution is 7.13. The van der Waals surface area contributed by atoms with E-state index in [4.69, 9.17) is 4.74 Å². The lowest BCUT2D eigenvalue weighted by Crippen LogP contribution is -2.29. The molecule has 0 unspecified atom stereocenters. The Bertz CT molecular complexity index is 684. The minimum absolute atomic E-state index is 0.0144. The molecule has 2 heterocycles. The van der Waals surface area contributed by atoms with E-state index < -0.39 is 0 Å². The summed E-state index contributed by atoms with van der Waals surface area (Å²) in [6.45, 7) is 4.50. The van der Waals surface area contributed by atoms with E-state index in [9.17, 15) is 4.79 Å². The molecule has 1 aromatic carbocycles. The third-order valence-electron chi connectivity index (χ3n) is 4.70. The minimum atomic E-state index is 0.0144. The first kappa shape index (κ1) is 20.0. The van der Waals surface area contributed by atoms with Crippen LogP contribution in [0.3, 0.4) is 0 Å². The van der Waals surface area contributed by atoms with Gasteiger partial charge in [-0.15, -0.1) is 11.3 Å². The van der Waals surface area contributed by atoms with Gasteiger partial charge in [0.1, 0.15) is 0 Å². The number of nitrogens with one attached hydrogen (secondary N) is 1. The Kier molecular flexibility index (Phi) is 8.27. The van der Waals surface area contributed by atoms with Crippen molar-refractivity contribution >= 4 is 22.4 Å². The molecule has 1 N–H and O–H groups in total. The fraction of sp³-hybridized carbons (Fsp3) is 0.524. The van der Waals surface area contributed by atoms with Gasteiger partial charge in [0.05, 0.1) is 12.3 Å². The van der Waals surface area contributed by atoms with Crippen molar-refractivity contribution in [1.82, 2.24) is 9.88 Å². The molecule has 6 heteroatoms. The lowest BCUT2D eigenvalue weighted by molar-refractivity contribution is -0.116. The van der Waals surface area contributed by atoms with Gasteiger partial charge < -0.3 is 10.1 Å². The number of carbonyl (C=O) groups is 1. The molecule has 2 aromatic rings. The van der Waals surface area contributed by atoms with Gasteiger partial charge in [-0.3, -0.25) is 9.69 Å². The summed E-state index contributed by atoms with van der Waals surface area (Å²) >= 11 is 1.51. The number of anilines is 1. The zero-order chi connectivity index (χ0) is 18.7. The Morgan fingerprint density at radius 1 is 1.15 bits per heavy atom. The van der Waals surface area contributed by atoms with Crippen LogP contribution >= 0.6 is 11.3 Å². The number of ether oxygens (including phenoxy) is 1. The first-order valence-corrected chi connectivity index (χ1v) is 10.8. The molecule has 1 aliphatic heterocycles. The van der Waals surface area contributed by atoms with Crippen molar-refractivity contribution in [2.24, 2.45) is 0 Å². The van der Waals surface area contributed by atoms with Gasteiger partial charge in [-0.1, -0.05) is 36.8 Å². The summed E-state index contributed by atoms with van der Waals surface area (Å²) in [6.07, 6.45) is 6.00. The number of nitrogens with zero attached hydrogens (tertiary/aromatic N) is 2. The Morgan fingerprint density at radius 3 is 2.78 bits per heavy atom. The maximum Gasteiger partial charge on any atom is 0.226 e. The fourth-order valence-electron chi connectivity index (χ4n) is 3.24. The van der Waals surface area contributed by atoms with Crippen LogP contribution in [0.15, 0.2) is 35.7 Å². The van der Waals surface area contributed by atoms with E-state index in [0.717, 1.165) is 38.2 Å². The molecule has 1 fully saturated rings. The van der Waals surface area contributed by atoms with E-state index in [1.165, 1.54) is 36.2 Å². The van der Waals surface area contributed by atoms with Crippen molar-refractivity contribution in [3.63, 3.8) is 0 Å². The van der Waals surface area contributed by atoms with Crippen molar-refractivity contribution in [1.29, 1.82) is 0 Å². The summed E-state index contributed by atoms with van der Waals surface area (Å²) < 4.78 is 5.63. The number of thiazole rings is 1. The number of aromatic nitrogens is 1. The molecule has 3 rings (SSSR count). The van der Waals surface area contributed by atoms with E-state index in [1.807, 2.05) is 18.2 Å². The molecule has 27 heavy (non-hydrogen) atoms. The van der Waals surface area contributed by atoms with Crippen LogP contribution in [0.1, 0.15) is 43.4 Å². The summed E-state index contributed by atoms with van der Waals surface area (Å²) in [5, 5.41) is 5.67. The highest BCUT2D eigenvalue weighted by atomic mass is 32.1. The molecule has 0 saturated carbocycles. The van der Waals surface area contributed by atoms with Crippen LogP contribution in [0.5, 0.6) is 0 Å². The molecule has 1 aromatic heterocycles. The Morgan fingerprint density at radius 2 is 1.96 bits per heavy atom. The lowest BCUT2D eigenvalue weighted by atomic mass is 10.1. The van der Waals surface area contributed by atoms with Crippen molar-refractivity contribution in [2.45, 2.75) is 45.1 Å². The molecule has 146 valence electrons. The second kappa shape index (κ2) is 11.2. The minimum Gasteiger partial charge on any atom is -0.381 e. The lowest BCUT2D eigenvalue weighted by Gasteiger charge is -2.25. The van der Waals surface area contributed by atoms with Crippen LogP contribution in [0.4, 0.5) is 5.13 Å². The summed E-state index contributed by atoms with van der Waals surface area (Å²) in [7, 11) is 0. The summed E-state index contributed by atoms with van der Waals surface area (Å²) in [5.41, 5.74) is 2.33. The molecular formula is C21H29N3O2S. The van der Waals surface area contributed by atoms with E-state index in [0.29, 0.717) is 24.8 Å². The van der Waals surface area contributed by atoms with E-state index in [1.54, 1.807) is 0 Å². The van der Waals surface area contributed by atoms with E-state index in [2.05, 4.69) is 32.7 Å². The summed E-state index contributed by atoms with van der Waals surface area (Å²) in [5.74, 6) is 0.0144. The van der Waals surface area contributed by atoms with Gasteiger partial charge in [-0.25, -0.2) is 4.98 Å². The van der Waals surface area contributed by atoms with E-state index in [-0.39, 0.29) is 5.91 Å². The monoisotopic (exact) mass is 387 g/mol. The normalized spacial score (nSPS) is 15.0. The van der Waals surface area contributed by atoms with Crippen LogP contribution < -0.4 is 5.32 Å². The highest BCUT2D eigenvalue weighted by Gasteiger charge is 2.13. The van der Waals surface area contributed by atoms with Gasteiger partial charge in [-0.05, 0) is 44.3 Å². The number of benzene rings is 1. The molecule has 0 bridgehead atoms. The molecule has 5 nitrogen and oxygen atoms in total. The van der Waals surface area contributed by atoms with Crippen molar-refractivity contribution in [3.8, 4) is 0 Å².